The number of fused-ring (bicyclic) bond motifs is 1. The van der Waals surface area contributed by atoms with Crippen LogP contribution in [-0.2, 0) is 28.1 Å². The van der Waals surface area contributed by atoms with Crippen LogP contribution in [0.4, 0.5) is 0 Å². The number of benzene rings is 1. The topological polar surface area (TPSA) is 138 Å². The van der Waals surface area contributed by atoms with Crippen molar-refractivity contribution in [3.05, 3.63) is 52.3 Å². The Labute approximate surface area is 210 Å². The number of nitrogens with zero attached hydrogens (tertiary/aromatic N) is 5. The van der Waals surface area contributed by atoms with Crippen molar-refractivity contribution in [3.63, 3.8) is 0 Å². The van der Waals surface area contributed by atoms with Gasteiger partial charge in [-0.1, -0.05) is 17.3 Å². The molecule has 0 saturated heterocycles. The number of amides is 1. The van der Waals surface area contributed by atoms with Crippen LogP contribution in [0.2, 0.25) is 0 Å². The smallest absolute Gasteiger partial charge is 0.272 e. The molecule has 1 N–H and O–H groups in total. The molecule has 3 aliphatic rings. The highest BCUT2D eigenvalue weighted by atomic mass is 32.2. The van der Waals surface area contributed by atoms with E-state index < -0.39 is 25.9 Å². The van der Waals surface area contributed by atoms with E-state index in [4.69, 9.17) is 10.1 Å². The molecule has 1 aromatic carbocycles. The van der Waals surface area contributed by atoms with E-state index in [9.17, 15) is 18.3 Å². The zero-order chi connectivity index (χ0) is 25.9. The van der Waals surface area contributed by atoms with Gasteiger partial charge in [0.25, 0.3) is 5.91 Å². The van der Waals surface area contributed by atoms with Gasteiger partial charge in [0, 0.05) is 32.1 Å². The monoisotopic (exact) mass is 511 g/mol. The highest BCUT2D eigenvalue weighted by molar-refractivity contribution is 7.94. The molecule has 1 saturated carbocycles. The number of hydrogen-bond acceptors (Lipinski definition) is 8. The molecule has 1 atom stereocenters. The van der Waals surface area contributed by atoms with Gasteiger partial charge in [-0.2, -0.15) is 10.4 Å². The predicted molar refractivity (Wildman–Crippen MR) is 131 cm³/mol. The molecule has 2 aromatic rings. The second-order valence-electron chi connectivity index (χ2n) is 10.5. The lowest BCUT2D eigenvalue weighted by molar-refractivity contribution is 0.0724. The molecule has 10 nitrogen and oxygen atoms in total. The van der Waals surface area contributed by atoms with Crippen LogP contribution < -0.4 is 0 Å². The SMILES string of the molecule is Cn1nc(C2=NOC(c3ccc(C#N)cc3)C2)c2c1C(=O)N(CC1(S(=O)(=O)C(C)(C)CO)CC1)CC2. The van der Waals surface area contributed by atoms with Gasteiger partial charge in [0.15, 0.2) is 15.9 Å². The number of aromatic nitrogens is 2. The third-order valence-corrected chi connectivity index (χ3v) is 10.8. The fourth-order valence-corrected chi connectivity index (χ4v) is 7.40. The van der Waals surface area contributed by atoms with Crippen molar-refractivity contribution < 1.29 is 23.2 Å². The maximum atomic E-state index is 13.5. The van der Waals surface area contributed by atoms with Crippen LogP contribution in [0.25, 0.3) is 0 Å². The van der Waals surface area contributed by atoms with Crippen molar-refractivity contribution in [2.45, 2.75) is 55.1 Å². The Morgan fingerprint density at radius 3 is 2.58 bits per heavy atom. The summed E-state index contributed by atoms with van der Waals surface area (Å²) in [5, 5.41) is 27.5. The van der Waals surface area contributed by atoms with Crippen LogP contribution in [0, 0.1) is 11.3 Å². The third-order valence-electron chi connectivity index (χ3n) is 7.59. The maximum Gasteiger partial charge on any atom is 0.272 e. The molecule has 0 bridgehead atoms. The van der Waals surface area contributed by atoms with Gasteiger partial charge in [-0.05, 0) is 50.8 Å². The first-order chi connectivity index (χ1) is 17.0. The minimum atomic E-state index is -3.65. The summed E-state index contributed by atoms with van der Waals surface area (Å²) in [6.45, 7) is 3.09. The van der Waals surface area contributed by atoms with Gasteiger partial charge in [-0.3, -0.25) is 9.48 Å². The Balaban J connectivity index is 1.35. The average molecular weight is 512 g/mol. The summed E-state index contributed by atoms with van der Waals surface area (Å²) in [7, 11) is -1.95. The first-order valence-electron chi connectivity index (χ1n) is 12.0. The zero-order valence-electron chi connectivity index (χ0n) is 20.6. The van der Waals surface area contributed by atoms with Gasteiger partial charge >= 0.3 is 0 Å². The second kappa shape index (κ2) is 8.42. The number of sulfone groups is 1. The fraction of sp³-hybridized carbons (Fsp3) is 0.520. The van der Waals surface area contributed by atoms with Crippen molar-refractivity contribution in [1.29, 1.82) is 5.26 Å². The molecular formula is C25H29N5O5S. The zero-order valence-corrected chi connectivity index (χ0v) is 21.4. The molecular weight excluding hydrogens is 482 g/mol. The predicted octanol–water partition coefficient (Wildman–Crippen LogP) is 1.87. The van der Waals surface area contributed by atoms with E-state index in [1.54, 1.807) is 28.8 Å². The first kappa shape index (κ1) is 24.5. The number of aryl methyl sites for hydroxylation is 1. The second-order valence-corrected chi connectivity index (χ2v) is 13.4. The van der Waals surface area contributed by atoms with Crippen LogP contribution in [-0.4, -0.2) is 69.0 Å². The number of rotatable bonds is 7. The molecule has 0 radical (unpaired) electrons. The van der Waals surface area contributed by atoms with Gasteiger partial charge in [-0.15, -0.1) is 0 Å². The van der Waals surface area contributed by atoms with Crippen molar-refractivity contribution in [2.24, 2.45) is 12.2 Å². The van der Waals surface area contributed by atoms with E-state index in [0.717, 1.165) is 11.1 Å². The van der Waals surface area contributed by atoms with Crippen molar-refractivity contribution >= 4 is 21.5 Å². The molecule has 3 heterocycles. The molecule has 11 heteroatoms. The highest BCUT2D eigenvalue weighted by Gasteiger charge is 2.60. The summed E-state index contributed by atoms with van der Waals surface area (Å²) in [6, 6.07) is 9.26. The molecule has 5 rings (SSSR count). The number of carbonyl (C=O) groups is 1. The Hall–Kier alpha value is -3.23. The summed E-state index contributed by atoms with van der Waals surface area (Å²) in [4.78, 5) is 20.8. The van der Waals surface area contributed by atoms with Gasteiger partial charge < -0.3 is 14.8 Å². The van der Waals surface area contributed by atoms with Gasteiger partial charge in [0.05, 0.1) is 27.7 Å². The van der Waals surface area contributed by atoms with Crippen LogP contribution in [0.1, 0.15) is 72.1 Å². The van der Waals surface area contributed by atoms with Crippen LogP contribution in [0.3, 0.4) is 0 Å². The van der Waals surface area contributed by atoms with E-state index >= 15 is 0 Å². The van der Waals surface area contributed by atoms with Gasteiger partial charge in [-0.25, -0.2) is 8.42 Å². The van der Waals surface area contributed by atoms with E-state index in [0.29, 0.717) is 54.9 Å². The Morgan fingerprint density at radius 1 is 1.28 bits per heavy atom. The number of oxime groups is 1. The highest BCUT2D eigenvalue weighted by Crippen LogP contribution is 2.49. The molecule has 1 aromatic heterocycles. The summed E-state index contributed by atoms with van der Waals surface area (Å²) in [5.41, 5.74) is 4.00. The number of hydrogen-bond donors (Lipinski definition) is 1. The Morgan fingerprint density at radius 2 is 1.97 bits per heavy atom. The van der Waals surface area contributed by atoms with Gasteiger partial charge in [0.1, 0.15) is 17.1 Å². The molecule has 1 amide bonds. The third kappa shape index (κ3) is 3.71. The van der Waals surface area contributed by atoms with Gasteiger partial charge in [0.2, 0.25) is 0 Å². The largest absolute Gasteiger partial charge is 0.395 e. The normalized spacial score (nSPS) is 21.0. The standard InChI is InChI=1S/C25H29N5O5S/c1-24(2,15-31)36(33,34)25(9-10-25)14-30-11-8-18-21(27-29(3)22(18)23(30)32)19-12-20(35-28-19)17-6-4-16(13-26)5-7-17/h4-7,20,31H,8-12,14-15H2,1-3H3. The average Bonchev–Trinajstić information content (AvgIpc) is 3.36. The van der Waals surface area contributed by atoms with E-state index in [1.165, 1.54) is 13.8 Å². The van der Waals surface area contributed by atoms with Crippen molar-refractivity contribution in [3.8, 4) is 6.07 Å². The lowest BCUT2D eigenvalue weighted by Gasteiger charge is -2.34. The van der Waals surface area contributed by atoms with Crippen LogP contribution >= 0.6 is 0 Å². The number of aliphatic hydroxyl groups excluding tert-OH is 1. The summed E-state index contributed by atoms with van der Waals surface area (Å²) in [5.74, 6) is -0.246. The van der Waals surface area contributed by atoms with Crippen molar-refractivity contribution in [1.82, 2.24) is 14.7 Å². The first-order valence-corrected chi connectivity index (χ1v) is 13.5. The lowest BCUT2D eigenvalue weighted by Crippen LogP contribution is -2.51. The Kier molecular flexibility index (Phi) is 5.72. The van der Waals surface area contributed by atoms with Crippen molar-refractivity contribution in [2.75, 3.05) is 19.7 Å². The number of aliphatic hydroxyl groups is 1. The lowest BCUT2D eigenvalue weighted by atomic mass is 9.97. The van der Waals surface area contributed by atoms with E-state index in [2.05, 4.69) is 16.3 Å². The fourth-order valence-electron chi connectivity index (χ4n) is 5.09. The molecule has 36 heavy (non-hydrogen) atoms. The molecule has 1 unspecified atom stereocenters. The Bertz CT molecular complexity index is 1400. The van der Waals surface area contributed by atoms with E-state index in [1.807, 2.05) is 12.1 Å². The minimum Gasteiger partial charge on any atom is -0.395 e. The summed E-state index contributed by atoms with van der Waals surface area (Å²) < 4.78 is 25.8. The summed E-state index contributed by atoms with van der Waals surface area (Å²) in [6.07, 6.45) is 1.69. The number of carbonyl (C=O) groups excluding carboxylic acids is 1. The van der Waals surface area contributed by atoms with Crippen LogP contribution in [0.15, 0.2) is 29.4 Å². The van der Waals surface area contributed by atoms with Crippen LogP contribution in [0.5, 0.6) is 0 Å². The summed E-state index contributed by atoms with van der Waals surface area (Å²) >= 11 is 0. The quantitative estimate of drug-likeness (QED) is 0.599. The molecule has 190 valence electrons. The maximum absolute atomic E-state index is 13.5. The molecule has 2 aliphatic heterocycles. The molecule has 1 fully saturated rings. The minimum absolute atomic E-state index is 0.113. The van der Waals surface area contributed by atoms with E-state index in [-0.39, 0.29) is 18.6 Å². The molecule has 1 aliphatic carbocycles. The molecule has 0 spiro atoms. The number of nitriles is 1.